The molecule has 0 spiro atoms. The van der Waals surface area contributed by atoms with Crippen LogP contribution in [0.2, 0.25) is 0 Å². The van der Waals surface area contributed by atoms with E-state index < -0.39 is 0 Å². The van der Waals surface area contributed by atoms with Crippen molar-refractivity contribution in [1.82, 2.24) is 4.90 Å². The first-order chi connectivity index (χ1) is 6.63. The van der Waals surface area contributed by atoms with Gasteiger partial charge in [0.1, 0.15) is 11.5 Å². The van der Waals surface area contributed by atoms with Crippen molar-refractivity contribution in [3.8, 4) is 0 Å². The Kier molecular flexibility index (Phi) is 4.07. The van der Waals surface area contributed by atoms with Crippen molar-refractivity contribution in [2.24, 2.45) is 0 Å². The molecule has 1 aromatic rings. The highest BCUT2D eigenvalue weighted by molar-refractivity contribution is 7.80. The Morgan fingerprint density at radius 1 is 1.57 bits per heavy atom. The van der Waals surface area contributed by atoms with Gasteiger partial charge in [-0.15, -0.1) is 0 Å². The number of aryl methyl sites for hydroxylation is 1. The zero-order chi connectivity index (χ0) is 10.6. The second-order valence-electron chi connectivity index (χ2n) is 3.24. The number of amides is 1. The SMILES string of the molecule is Cc1ccc(CN(C)C(=O)CCS)o1. The Hall–Kier alpha value is -0.900. The number of carbonyl (C=O) groups is 1. The molecule has 0 unspecified atom stereocenters. The number of carbonyl (C=O) groups excluding carboxylic acids is 1. The molecule has 14 heavy (non-hydrogen) atoms. The van der Waals surface area contributed by atoms with Crippen LogP contribution in [-0.4, -0.2) is 23.6 Å². The fourth-order valence-corrected chi connectivity index (χ4v) is 1.37. The molecule has 3 nitrogen and oxygen atoms in total. The van der Waals surface area contributed by atoms with Crippen LogP contribution in [0.3, 0.4) is 0 Å². The van der Waals surface area contributed by atoms with E-state index >= 15 is 0 Å². The third-order valence-corrected chi connectivity index (χ3v) is 2.16. The van der Waals surface area contributed by atoms with Gasteiger partial charge in [-0.1, -0.05) is 0 Å². The summed E-state index contributed by atoms with van der Waals surface area (Å²) in [5.74, 6) is 2.36. The molecule has 1 heterocycles. The van der Waals surface area contributed by atoms with Crippen LogP contribution >= 0.6 is 12.6 Å². The molecular weight excluding hydrogens is 198 g/mol. The number of thiol groups is 1. The average molecular weight is 213 g/mol. The molecule has 0 N–H and O–H groups in total. The molecule has 0 bridgehead atoms. The minimum Gasteiger partial charge on any atom is -0.464 e. The van der Waals surface area contributed by atoms with E-state index in [-0.39, 0.29) is 5.91 Å². The summed E-state index contributed by atoms with van der Waals surface area (Å²) in [5.41, 5.74) is 0. The Morgan fingerprint density at radius 2 is 2.29 bits per heavy atom. The van der Waals surface area contributed by atoms with E-state index in [1.165, 1.54) is 0 Å². The fraction of sp³-hybridized carbons (Fsp3) is 0.500. The summed E-state index contributed by atoms with van der Waals surface area (Å²) in [4.78, 5) is 13.0. The van der Waals surface area contributed by atoms with Crippen molar-refractivity contribution in [3.05, 3.63) is 23.7 Å². The highest BCUT2D eigenvalue weighted by atomic mass is 32.1. The summed E-state index contributed by atoms with van der Waals surface area (Å²) < 4.78 is 5.37. The Labute approximate surface area is 89.5 Å². The van der Waals surface area contributed by atoms with Crippen molar-refractivity contribution in [1.29, 1.82) is 0 Å². The molecule has 0 aliphatic heterocycles. The largest absolute Gasteiger partial charge is 0.464 e. The molecule has 78 valence electrons. The van der Waals surface area contributed by atoms with Crippen LogP contribution in [0.1, 0.15) is 17.9 Å². The maximum Gasteiger partial charge on any atom is 0.223 e. The van der Waals surface area contributed by atoms with Crippen molar-refractivity contribution < 1.29 is 9.21 Å². The van der Waals surface area contributed by atoms with E-state index in [1.807, 2.05) is 19.1 Å². The first-order valence-electron chi connectivity index (χ1n) is 4.53. The molecule has 1 rings (SSSR count). The van der Waals surface area contributed by atoms with Crippen LogP contribution in [0.4, 0.5) is 0 Å². The van der Waals surface area contributed by atoms with E-state index in [2.05, 4.69) is 12.6 Å². The Balaban J connectivity index is 2.48. The van der Waals surface area contributed by atoms with E-state index in [0.717, 1.165) is 11.5 Å². The average Bonchev–Trinajstić information content (AvgIpc) is 2.51. The first kappa shape index (κ1) is 11.2. The van der Waals surface area contributed by atoms with Crippen LogP contribution in [0.5, 0.6) is 0 Å². The summed E-state index contributed by atoms with van der Waals surface area (Å²) in [7, 11) is 1.77. The minimum absolute atomic E-state index is 0.0917. The predicted molar refractivity (Wildman–Crippen MR) is 58.4 cm³/mol. The summed E-state index contributed by atoms with van der Waals surface area (Å²) in [6.07, 6.45) is 0.472. The molecule has 0 atom stereocenters. The van der Waals surface area contributed by atoms with Crippen LogP contribution in [-0.2, 0) is 11.3 Å². The van der Waals surface area contributed by atoms with Crippen LogP contribution in [0, 0.1) is 6.92 Å². The van der Waals surface area contributed by atoms with Gasteiger partial charge in [0.2, 0.25) is 5.91 Å². The number of furan rings is 1. The number of nitrogens with zero attached hydrogens (tertiary/aromatic N) is 1. The molecule has 0 radical (unpaired) electrons. The molecule has 0 saturated carbocycles. The maximum atomic E-state index is 11.4. The molecule has 1 aromatic heterocycles. The van der Waals surface area contributed by atoms with E-state index in [4.69, 9.17) is 4.42 Å². The fourth-order valence-electron chi connectivity index (χ4n) is 1.18. The smallest absolute Gasteiger partial charge is 0.223 e. The Bertz CT molecular complexity index is 309. The highest BCUT2D eigenvalue weighted by Crippen LogP contribution is 2.09. The van der Waals surface area contributed by atoms with Crippen LogP contribution < -0.4 is 0 Å². The molecule has 1 amide bonds. The molecule has 0 aliphatic carbocycles. The zero-order valence-electron chi connectivity index (χ0n) is 8.49. The van der Waals surface area contributed by atoms with Gasteiger partial charge in [-0.2, -0.15) is 12.6 Å². The van der Waals surface area contributed by atoms with Crippen LogP contribution in [0.15, 0.2) is 16.5 Å². The minimum atomic E-state index is 0.0917. The lowest BCUT2D eigenvalue weighted by molar-refractivity contribution is -0.130. The standard InChI is InChI=1S/C10H15NO2S/c1-8-3-4-9(13-8)7-11(2)10(12)5-6-14/h3-4,14H,5-7H2,1-2H3. The van der Waals surface area contributed by atoms with Gasteiger partial charge < -0.3 is 9.32 Å². The van der Waals surface area contributed by atoms with Gasteiger partial charge in [-0.05, 0) is 24.8 Å². The quantitative estimate of drug-likeness (QED) is 0.775. The van der Waals surface area contributed by atoms with Crippen molar-refractivity contribution in [3.63, 3.8) is 0 Å². The first-order valence-corrected chi connectivity index (χ1v) is 5.17. The van der Waals surface area contributed by atoms with Crippen molar-refractivity contribution in [2.45, 2.75) is 19.9 Å². The van der Waals surface area contributed by atoms with Gasteiger partial charge in [-0.3, -0.25) is 4.79 Å². The maximum absolute atomic E-state index is 11.4. The van der Waals surface area contributed by atoms with Gasteiger partial charge in [0.25, 0.3) is 0 Å². The predicted octanol–water partition coefficient (Wildman–Crippen LogP) is 1.87. The molecule has 0 aliphatic rings. The summed E-state index contributed by atoms with van der Waals surface area (Å²) in [6, 6.07) is 3.78. The molecular formula is C10H15NO2S. The summed E-state index contributed by atoms with van der Waals surface area (Å²) in [5, 5.41) is 0. The Morgan fingerprint density at radius 3 is 2.79 bits per heavy atom. The van der Waals surface area contributed by atoms with Crippen molar-refractivity contribution in [2.75, 3.05) is 12.8 Å². The second-order valence-corrected chi connectivity index (χ2v) is 3.68. The summed E-state index contributed by atoms with van der Waals surface area (Å²) >= 11 is 4.01. The lowest BCUT2D eigenvalue weighted by atomic mass is 10.3. The number of hydrogen-bond donors (Lipinski definition) is 1. The monoisotopic (exact) mass is 213 g/mol. The van der Waals surface area contributed by atoms with E-state index in [9.17, 15) is 4.79 Å². The van der Waals surface area contributed by atoms with E-state index in [0.29, 0.717) is 18.7 Å². The normalized spacial score (nSPS) is 10.2. The van der Waals surface area contributed by atoms with E-state index in [1.54, 1.807) is 11.9 Å². The second kappa shape index (κ2) is 5.10. The number of hydrogen-bond acceptors (Lipinski definition) is 3. The highest BCUT2D eigenvalue weighted by Gasteiger charge is 2.09. The zero-order valence-corrected chi connectivity index (χ0v) is 9.38. The summed E-state index contributed by atoms with van der Waals surface area (Å²) in [6.45, 7) is 2.42. The third kappa shape index (κ3) is 3.10. The van der Waals surface area contributed by atoms with Gasteiger partial charge in [0.15, 0.2) is 0 Å². The topological polar surface area (TPSA) is 33.5 Å². The molecule has 0 aromatic carbocycles. The van der Waals surface area contributed by atoms with Crippen LogP contribution in [0.25, 0.3) is 0 Å². The van der Waals surface area contributed by atoms with Gasteiger partial charge in [0.05, 0.1) is 6.54 Å². The lowest BCUT2D eigenvalue weighted by Crippen LogP contribution is -2.25. The van der Waals surface area contributed by atoms with Gasteiger partial charge in [0, 0.05) is 13.5 Å². The molecule has 0 saturated heterocycles. The third-order valence-electron chi connectivity index (χ3n) is 1.94. The van der Waals surface area contributed by atoms with Gasteiger partial charge in [-0.25, -0.2) is 0 Å². The lowest BCUT2D eigenvalue weighted by Gasteiger charge is -2.14. The number of rotatable bonds is 4. The molecule has 0 fully saturated rings. The van der Waals surface area contributed by atoms with Crippen molar-refractivity contribution >= 4 is 18.5 Å². The molecule has 4 heteroatoms. The van der Waals surface area contributed by atoms with Gasteiger partial charge >= 0.3 is 0 Å².